The molecule has 0 saturated carbocycles. The Labute approximate surface area is 167 Å². The Bertz CT molecular complexity index is 684. The third kappa shape index (κ3) is 7.69. The van der Waals surface area contributed by atoms with Crippen LogP contribution in [0.25, 0.3) is 0 Å². The van der Waals surface area contributed by atoms with Crippen molar-refractivity contribution in [2.75, 3.05) is 26.7 Å². The number of rotatable bonds is 10. The molecule has 1 aromatic heterocycles. The minimum Gasteiger partial charge on any atom is -0.374 e. The van der Waals surface area contributed by atoms with E-state index in [0.29, 0.717) is 5.92 Å². The van der Waals surface area contributed by atoms with Crippen molar-refractivity contribution in [2.24, 2.45) is 4.99 Å². The highest BCUT2D eigenvalue weighted by molar-refractivity contribution is 7.09. The Balaban J connectivity index is 1.58. The summed E-state index contributed by atoms with van der Waals surface area (Å²) < 4.78 is 5.90. The Hall–Kier alpha value is -1.92. The summed E-state index contributed by atoms with van der Waals surface area (Å²) in [6, 6.07) is 10.3. The van der Waals surface area contributed by atoms with Crippen molar-refractivity contribution in [3.05, 3.63) is 52.0 Å². The minimum atomic E-state index is 0.123. The summed E-state index contributed by atoms with van der Waals surface area (Å²) >= 11 is 1.74. The second-order valence-electron chi connectivity index (χ2n) is 6.78. The molecule has 1 heterocycles. The summed E-state index contributed by atoms with van der Waals surface area (Å²) in [4.78, 5) is 8.93. The van der Waals surface area contributed by atoms with E-state index >= 15 is 0 Å². The van der Waals surface area contributed by atoms with Crippen LogP contribution >= 0.6 is 11.3 Å². The van der Waals surface area contributed by atoms with Crippen molar-refractivity contribution in [1.29, 1.82) is 0 Å². The summed E-state index contributed by atoms with van der Waals surface area (Å²) in [6.07, 6.45) is 1.96. The number of aromatic nitrogens is 1. The SMILES string of the molecule is CN=C(NCCCOC(C)c1ccccc1)NCCc1csc(C(C)C)n1. The molecule has 0 aliphatic rings. The molecule has 6 heteroatoms. The third-order valence-corrected chi connectivity index (χ3v) is 5.41. The van der Waals surface area contributed by atoms with Crippen molar-refractivity contribution in [3.63, 3.8) is 0 Å². The molecular formula is C21H32N4OS. The molecule has 0 spiro atoms. The van der Waals surface area contributed by atoms with Crippen LogP contribution < -0.4 is 10.6 Å². The van der Waals surface area contributed by atoms with Crippen molar-refractivity contribution < 1.29 is 4.74 Å². The van der Waals surface area contributed by atoms with Crippen LogP contribution in [0, 0.1) is 0 Å². The summed E-state index contributed by atoms with van der Waals surface area (Å²) in [5, 5.41) is 10.0. The maximum absolute atomic E-state index is 5.90. The second kappa shape index (κ2) is 11.7. The number of guanidine groups is 1. The fraction of sp³-hybridized carbons (Fsp3) is 0.524. The van der Waals surface area contributed by atoms with Gasteiger partial charge in [0.15, 0.2) is 5.96 Å². The maximum Gasteiger partial charge on any atom is 0.190 e. The molecular weight excluding hydrogens is 356 g/mol. The first kappa shape index (κ1) is 21.4. The van der Waals surface area contributed by atoms with Crippen LogP contribution in [0.2, 0.25) is 0 Å². The Morgan fingerprint density at radius 2 is 1.89 bits per heavy atom. The average Bonchev–Trinajstić information content (AvgIpc) is 3.16. The van der Waals surface area contributed by atoms with E-state index in [4.69, 9.17) is 4.74 Å². The molecule has 0 fully saturated rings. The van der Waals surface area contributed by atoms with Gasteiger partial charge >= 0.3 is 0 Å². The van der Waals surface area contributed by atoms with Crippen LogP contribution in [0.1, 0.15) is 55.5 Å². The molecule has 0 amide bonds. The van der Waals surface area contributed by atoms with Crippen LogP contribution in [0.5, 0.6) is 0 Å². The van der Waals surface area contributed by atoms with Gasteiger partial charge in [0.1, 0.15) is 0 Å². The van der Waals surface area contributed by atoms with Crippen LogP contribution in [-0.4, -0.2) is 37.7 Å². The third-order valence-electron chi connectivity index (χ3n) is 4.21. The monoisotopic (exact) mass is 388 g/mol. The van der Waals surface area contributed by atoms with Gasteiger partial charge in [-0.15, -0.1) is 11.3 Å². The molecule has 0 saturated heterocycles. The van der Waals surface area contributed by atoms with Gasteiger partial charge in [-0.05, 0) is 18.9 Å². The standard InChI is InChI=1S/C21H32N4OS/c1-16(2)20-25-19(15-27-20)11-13-24-21(22-4)23-12-8-14-26-17(3)18-9-6-5-7-10-18/h5-7,9-10,15-17H,8,11-14H2,1-4H3,(H2,22,23,24). The summed E-state index contributed by atoms with van der Waals surface area (Å²) in [5.74, 6) is 1.32. The van der Waals surface area contributed by atoms with Crippen molar-refractivity contribution in [3.8, 4) is 0 Å². The van der Waals surface area contributed by atoms with Gasteiger partial charge in [-0.25, -0.2) is 4.98 Å². The fourth-order valence-electron chi connectivity index (χ4n) is 2.59. The van der Waals surface area contributed by atoms with Crippen molar-refractivity contribution in [1.82, 2.24) is 15.6 Å². The topological polar surface area (TPSA) is 58.5 Å². The quantitative estimate of drug-likeness (QED) is 0.365. The van der Waals surface area contributed by atoms with E-state index in [1.807, 2.05) is 18.2 Å². The van der Waals surface area contributed by atoms with Gasteiger partial charge in [0.25, 0.3) is 0 Å². The zero-order valence-corrected chi connectivity index (χ0v) is 17.7. The zero-order chi connectivity index (χ0) is 19.5. The van der Waals surface area contributed by atoms with Gasteiger partial charge in [0, 0.05) is 44.5 Å². The predicted octanol–water partition coefficient (Wildman–Crippen LogP) is 4.14. The lowest BCUT2D eigenvalue weighted by atomic mass is 10.1. The predicted molar refractivity (Wildman–Crippen MR) is 115 cm³/mol. The smallest absolute Gasteiger partial charge is 0.190 e. The Morgan fingerprint density at radius 1 is 1.15 bits per heavy atom. The van der Waals surface area contributed by atoms with Crippen LogP contribution in [0.3, 0.4) is 0 Å². The average molecular weight is 389 g/mol. The molecule has 1 unspecified atom stereocenters. The molecule has 0 aliphatic heterocycles. The fourth-order valence-corrected chi connectivity index (χ4v) is 3.46. The van der Waals surface area contributed by atoms with Gasteiger partial charge in [-0.2, -0.15) is 0 Å². The molecule has 1 aromatic carbocycles. The van der Waals surface area contributed by atoms with Gasteiger partial charge in [-0.3, -0.25) is 4.99 Å². The first-order valence-electron chi connectivity index (χ1n) is 9.65. The highest BCUT2D eigenvalue weighted by Crippen LogP contribution is 2.19. The summed E-state index contributed by atoms with van der Waals surface area (Å²) in [7, 11) is 1.79. The van der Waals surface area contributed by atoms with Crippen LogP contribution in [-0.2, 0) is 11.2 Å². The number of hydrogen-bond donors (Lipinski definition) is 2. The number of benzene rings is 1. The largest absolute Gasteiger partial charge is 0.374 e. The van der Waals surface area contributed by atoms with Crippen molar-refractivity contribution in [2.45, 2.75) is 45.6 Å². The first-order chi connectivity index (χ1) is 13.1. The van der Waals surface area contributed by atoms with E-state index in [0.717, 1.165) is 44.2 Å². The minimum absolute atomic E-state index is 0.123. The van der Waals surface area contributed by atoms with Crippen LogP contribution in [0.4, 0.5) is 0 Å². The number of thiazole rings is 1. The molecule has 2 rings (SSSR count). The molecule has 1 atom stereocenters. The Morgan fingerprint density at radius 3 is 2.56 bits per heavy atom. The van der Waals surface area contributed by atoms with Gasteiger partial charge in [0.2, 0.25) is 0 Å². The molecule has 0 bridgehead atoms. The highest BCUT2D eigenvalue weighted by Gasteiger charge is 2.06. The molecule has 2 aromatic rings. The van der Waals surface area contributed by atoms with Crippen molar-refractivity contribution >= 4 is 17.3 Å². The van der Waals surface area contributed by atoms with E-state index in [-0.39, 0.29) is 6.10 Å². The van der Waals surface area contributed by atoms with Crippen LogP contribution in [0.15, 0.2) is 40.7 Å². The molecule has 2 N–H and O–H groups in total. The van der Waals surface area contributed by atoms with Gasteiger partial charge < -0.3 is 15.4 Å². The van der Waals surface area contributed by atoms with E-state index in [1.165, 1.54) is 10.6 Å². The lowest BCUT2D eigenvalue weighted by Crippen LogP contribution is -2.39. The number of nitrogens with zero attached hydrogens (tertiary/aromatic N) is 2. The number of aliphatic imine (C=N–C) groups is 1. The number of hydrogen-bond acceptors (Lipinski definition) is 4. The number of ether oxygens (including phenoxy) is 1. The molecule has 5 nitrogen and oxygen atoms in total. The maximum atomic E-state index is 5.90. The highest BCUT2D eigenvalue weighted by atomic mass is 32.1. The van der Waals surface area contributed by atoms with E-state index in [1.54, 1.807) is 18.4 Å². The Kier molecular flexibility index (Phi) is 9.28. The zero-order valence-electron chi connectivity index (χ0n) is 16.9. The van der Waals surface area contributed by atoms with Gasteiger partial charge in [0.05, 0.1) is 16.8 Å². The first-order valence-corrected chi connectivity index (χ1v) is 10.5. The van der Waals surface area contributed by atoms with E-state index in [9.17, 15) is 0 Å². The molecule has 0 aliphatic carbocycles. The normalized spacial score (nSPS) is 13.0. The van der Waals surface area contributed by atoms with E-state index < -0.39 is 0 Å². The molecule has 148 valence electrons. The van der Waals surface area contributed by atoms with Gasteiger partial charge in [-0.1, -0.05) is 44.2 Å². The summed E-state index contributed by atoms with van der Waals surface area (Å²) in [5.41, 5.74) is 2.36. The lowest BCUT2D eigenvalue weighted by Gasteiger charge is -2.14. The second-order valence-corrected chi connectivity index (χ2v) is 7.67. The molecule has 27 heavy (non-hydrogen) atoms. The number of nitrogens with one attached hydrogen (secondary N) is 2. The summed E-state index contributed by atoms with van der Waals surface area (Å²) in [6.45, 7) is 8.81. The molecule has 0 radical (unpaired) electrons. The lowest BCUT2D eigenvalue weighted by molar-refractivity contribution is 0.0646. The van der Waals surface area contributed by atoms with E-state index in [2.05, 4.69) is 58.9 Å².